The number of hydrogen-bond donors (Lipinski definition) is 1. The maximum atomic E-state index is 12.2. The Balaban J connectivity index is 1.81. The van der Waals surface area contributed by atoms with Gasteiger partial charge in [0.25, 0.3) is 0 Å². The maximum absolute atomic E-state index is 12.2. The van der Waals surface area contributed by atoms with Crippen molar-refractivity contribution in [3.63, 3.8) is 0 Å². The summed E-state index contributed by atoms with van der Waals surface area (Å²) in [4.78, 5) is 1.27. The van der Waals surface area contributed by atoms with Gasteiger partial charge in [-0.15, -0.1) is 11.3 Å². The molecule has 0 bridgehead atoms. The van der Waals surface area contributed by atoms with Crippen molar-refractivity contribution in [1.82, 2.24) is 9.62 Å². The first kappa shape index (κ1) is 15.9. The zero-order chi connectivity index (χ0) is 14.6. The van der Waals surface area contributed by atoms with Gasteiger partial charge in [0.05, 0.1) is 19.0 Å². The second-order valence-electron chi connectivity index (χ2n) is 4.97. The Morgan fingerprint density at radius 2 is 2.15 bits per heavy atom. The molecule has 1 atom stereocenters. The third-order valence-electron chi connectivity index (χ3n) is 3.47. The number of nitrogens with zero attached hydrogens (tertiary/aromatic N) is 1. The zero-order valence-corrected chi connectivity index (χ0v) is 13.6. The normalized spacial score (nSPS) is 19.1. The highest BCUT2D eigenvalue weighted by Gasteiger charge is 2.24. The first-order valence-corrected chi connectivity index (χ1v) is 9.32. The van der Waals surface area contributed by atoms with Gasteiger partial charge in [-0.1, -0.05) is 0 Å². The minimum absolute atomic E-state index is 0.141. The van der Waals surface area contributed by atoms with E-state index in [9.17, 15) is 8.42 Å². The van der Waals surface area contributed by atoms with Crippen molar-refractivity contribution in [2.45, 2.75) is 19.9 Å². The molecule has 1 saturated heterocycles. The molecule has 0 spiro atoms. The highest BCUT2D eigenvalue weighted by atomic mass is 32.2. The molecule has 7 heteroatoms. The van der Waals surface area contributed by atoms with Crippen molar-refractivity contribution in [2.75, 3.05) is 38.6 Å². The van der Waals surface area contributed by atoms with E-state index in [-0.39, 0.29) is 11.8 Å². The summed E-state index contributed by atoms with van der Waals surface area (Å²) < 4.78 is 31.0. The lowest BCUT2D eigenvalue weighted by Gasteiger charge is -2.26. The van der Waals surface area contributed by atoms with Crippen LogP contribution in [-0.2, 0) is 14.8 Å². The fourth-order valence-electron chi connectivity index (χ4n) is 2.28. The first-order chi connectivity index (χ1) is 9.50. The largest absolute Gasteiger partial charge is 0.379 e. The second-order valence-corrected chi connectivity index (χ2v) is 8.01. The molecule has 1 N–H and O–H groups in total. The second kappa shape index (κ2) is 7.00. The molecule has 1 fully saturated rings. The molecule has 5 nitrogen and oxygen atoms in total. The van der Waals surface area contributed by atoms with E-state index in [4.69, 9.17) is 4.74 Å². The van der Waals surface area contributed by atoms with Gasteiger partial charge in [-0.3, -0.25) is 0 Å². The Bertz CT molecular complexity index is 521. The summed E-state index contributed by atoms with van der Waals surface area (Å²) in [7, 11) is -3.16. The van der Waals surface area contributed by atoms with Gasteiger partial charge >= 0.3 is 0 Å². The van der Waals surface area contributed by atoms with E-state index in [0.717, 1.165) is 0 Å². The van der Waals surface area contributed by atoms with Crippen LogP contribution in [0.5, 0.6) is 0 Å². The van der Waals surface area contributed by atoms with Crippen LogP contribution >= 0.6 is 11.3 Å². The van der Waals surface area contributed by atoms with Crippen molar-refractivity contribution in [2.24, 2.45) is 0 Å². The Morgan fingerprint density at radius 3 is 2.75 bits per heavy atom. The zero-order valence-electron chi connectivity index (χ0n) is 12.0. The van der Waals surface area contributed by atoms with Gasteiger partial charge < -0.3 is 10.1 Å². The van der Waals surface area contributed by atoms with Crippen LogP contribution < -0.4 is 5.32 Å². The van der Waals surface area contributed by atoms with Crippen LogP contribution in [0.15, 0.2) is 11.4 Å². The van der Waals surface area contributed by atoms with Crippen molar-refractivity contribution in [3.8, 4) is 0 Å². The topological polar surface area (TPSA) is 58.6 Å². The Hall–Kier alpha value is -0.470. The minimum Gasteiger partial charge on any atom is -0.379 e. The van der Waals surface area contributed by atoms with Crippen molar-refractivity contribution >= 4 is 21.4 Å². The molecule has 2 rings (SSSR count). The maximum Gasteiger partial charge on any atom is 0.215 e. The summed E-state index contributed by atoms with van der Waals surface area (Å²) in [6.45, 7) is 6.56. The fraction of sp³-hybridized carbons (Fsp3) is 0.692. The molecule has 0 aromatic carbocycles. The number of hydrogen-bond acceptors (Lipinski definition) is 5. The van der Waals surface area contributed by atoms with Gasteiger partial charge in [0.2, 0.25) is 10.0 Å². The number of ether oxygens (including phenoxy) is 1. The minimum atomic E-state index is -3.16. The van der Waals surface area contributed by atoms with Gasteiger partial charge in [0.1, 0.15) is 0 Å². The molecule has 1 aromatic heterocycles. The molecular weight excluding hydrogens is 296 g/mol. The van der Waals surface area contributed by atoms with E-state index >= 15 is 0 Å². The van der Waals surface area contributed by atoms with Gasteiger partial charge in [0.15, 0.2) is 0 Å². The predicted molar refractivity (Wildman–Crippen MR) is 81.7 cm³/mol. The molecule has 0 aliphatic carbocycles. The monoisotopic (exact) mass is 318 g/mol. The van der Waals surface area contributed by atoms with Gasteiger partial charge in [-0.05, 0) is 30.9 Å². The molecule has 1 aromatic rings. The molecule has 2 heterocycles. The molecule has 114 valence electrons. The van der Waals surface area contributed by atoms with E-state index in [1.165, 1.54) is 14.7 Å². The molecular formula is C13H22N2O3S2. The van der Waals surface area contributed by atoms with Crippen LogP contribution in [0.2, 0.25) is 0 Å². The van der Waals surface area contributed by atoms with Crippen LogP contribution in [0, 0.1) is 6.92 Å². The summed E-state index contributed by atoms with van der Waals surface area (Å²) in [6, 6.07) is 2.28. The van der Waals surface area contributed by atoms with E-state index in [1.807, 2.05) is 0 Å². The standard InChI is InChI=1S/C13H22N2O3S2/c1-11-3-9-19-13(11)12(2)14-4-10-20(16,17)15-5-7-18-8-6-15/h3,9,12,14H,4-8,10H2,1-2H3/t12-/m0/s1. The van der Waals surface area contributed by atoms with E-state index in [1.54, 1.807) is 11.3 Å². The molecule has 0 amide bonds. The van der Waals surface area contributed by atoms with Crippen LogP contribution in [0.1, 0.15) is 23.4 Å². The third-order valence-corrected chi connectivity index (χ3v) is 6.54. The summed E-state index contributed by atoms with van der Waals surface area (Å²) in [5.74, 6) is 0.141. The molecule has 20 heavy (non-hydrogen) atoms. The van der Waals surface area contributed by atoms with Crippen molar-refractivity contribution < 1.29 is 13.2 Å². The average Bonchev–Trinajstić information content (AvgIpc) is 2.86. The van der Waals surface area contributed by atoms with Crippen LogP contribution in [0.3, 0.4) is 0 Å². The summed E-state index contributed by atoms with van der Waals surface area (Å²) >= 11 is 1.70. The quantitative estimate of drug-likeness (QED) is 0.861. The summed E-state index contributed by atoms with van der Waals surface area (Å²) in [5.41, 5.74) is 1.26. The van der Waals surface area contributed by atoms with Crippen molar-refractivity contribution in [3.05, 3.63) is 21.9 Å². The van der Waals surface area contributed by atoms with E-state index in [2.05, 4.69) is 30.6 Å². The average molecular weight is 318 g/mol. The molecule has 1 aliphatic rings. The van der Waals surface area contributed by atoms with Gasteiger partial charge in [-0.25, -0.2) is 8.42 Å². The third kappa shape index (κ3) is 4.02. The lowest BCUT2D eigenvalue weighted by atomic mass is 10.2. The number of rotatable bonds is 6. The molecule has 0 radical (unpaired) electrons. The number of morpholine rings is 1. The van der Waals surface area contributed by atoms with Crippen LogP contribution in [0.25, 0.3) is 0 Å². The number of nitrogens with one attached hydrogen (secondary N) is 1. The fourth-order valence-corrected chi connectivity index (χ4v) is 4.58. The Kier molecular flexibility index (Phi) is 5.57. The molecule has 0 unspecified atom stereocenters. The lowest BCUT2D eigenvalue weighted by Crippen LogP contribution is -2.43. The van der Waals surface area contributed by atoms with Gasteiger partial charge in [-0.2, -0.15) is 4.31 Å². The van der Waals surface area contributed by atoms with Crippen LogP contribution in [0.4, 0.5) is 0 Å². The molecule has 1 aliphatic heterocycles. The number of sulfonamides is 1. The lowest BCUT2D eigenvalue weighted by molar-refractivity contribution is 0.0730. The predicted octanol–water partition coefficient (Wildman–Crippen LogP) is 1.37. The molecule has 0 saturated carbocycles. The highest BCUT2D eigenvalue weighted by Crippen LogP contribution is 2.23. The number of thiophene rings is 1. The summed E-state index contributed by atoms with van der Waals surface area (Å²) in [6.07, 6.45) is 0. The van der Waals surface area contributed by atoms with E-state index < -0.39 is 10.0 Å². The Morgan fingerprint density at radius 1 is 1.45 bits per heavy atom. The SMILES string of the molecule is Cc1ccsc1[C@H](C)NCCS(=O)(=O)N1CCOCC1. The van der Waals surface area contributed by atoms with Crippen molar-refractivity contribution in [1.29, 1.82) is 0 Å². The van der Waals surface area contributed by atoms with E-state index in [0.29, 0.717) is 32.8 Å². The number of aryl methyl sites for hydroxylation is 1. The summed E-state index contributed by atoms with van der Waals surface area (Å²) in [5, 5.41) is 5.36. The van der Waals surface area contributed by atoms with Gasteiger partial charge in [0, 0.05) is 30.6 Å². The Labute approximate surface area is 125 Å². The van der Waals surface area contributed by atoms with Crippen LogP contribution in [-0.4, -0.2) is 51.3 Å². The first-order valence-electron chi connectivity index (χ1n) is 6.83. The highest BCUT2D eigenvalue weighted by molar-refractivity contribution is 7.89. The smallest absolute Gasteiger partial charge is 0.215 e.